The summed E-state index contributed by atoms with van der Waals surface area (Å²) in [5, 5.41) is -0.0799. The highest BCUT2D eigenvalue weighted by Gasteiger charge is 2.36. The van der Waals surface area contributed by atoms with Gasteiger partial charge in [0.1, 0.15) is 0 Å². The van der Waals surface area contributed by atoms with Gasteiger partial charge in [0.05, 0.1) is 5.25 Å². The molecular weight excluding hydrogens is 266 g/mol. The molecule has 3 nitrogen and oxygen atoms in total. The Morgan fingerprint density at radius 2 is 1.93 bits per heavy atom. The minimum Gasteiger partial charge on any atom is -0.215 e. The van der Waals surface area contributed by atoms with Crippen LogP contribution in [0.25, 0.3) is 0 Å². The second-order valence-electron chi connectivity index (χ2n) is 4.37. The fraction of sp³-hybridized carbons (Fsp3) is 1.00. The van der Waals surface area contributed by atoms with Crippen molar-refractivity contribution in [2.75, 3.05) is 6.54 Å². The summed E-state index contributed by atoms with van der Waals surface area (Å²) in [6.07, 6.45) is 5.12. The molecule has 14 heavy (non-hydrogen) atoms. The fourth-order valence-corrected chi connectivity index (χ4v) is 4.18. The van der Waals surface area contributed by atoms with Crippen LogP contribution < -0.4 is 4.72 Å². The van der Waals surface area contributed by atoms with Gasteiger partial charge in [-0.15, -0.1) is 0 Å². The largest absolute Gasteiger partial charge is 0.215 e. The van der Waals surface area contributed by atoms with E-state index in [0.29, 0.717) is 17.3 Å². The van der Waals surface area contributed by atoms with Crippen molar-refractivity contribution in [3.05, 3.63) is 0 Å². The predicted molar refractivity (Wildman–Crippen MR) is 60.0 cm³/mol. The van der Waals surface area contributed by atoms with E-state index in [1.165, 1.54) is 6.42 Å². The van der Waals surface area contributed by atoms with Crippen LogP contribution in [0.15, 0.2) is 0 Å². The highest BCUT2D eigenvalue weighted by atomic mass is 79.9. The van der Waals surface area contributed by atoms with Crippen molar-refractivity contribution >= 4 is 26.0 Å². The maximum atomic E-state index is 11.5. The minimum absolute atomic E-state index is 0.0799. The maximum absolute atomic E-state index is 11.5. The molecule has 0 radical (unpaired) electrons. The Morgan fingerprint density at radius 1 is 1.21 bits per heavy atom. The van der Waals surface area contributed by atoms with Gasteiger partial charge < -0.3 is 0 Å². The highest BCUT2D eigenvalue weighted by Crippen LogP contribution is 2.31. The number of alkyl halides is 1. The Hall–Kier alpha value is 0.390. The lowest BCUT2D eigenvalue weighted by Gasteiger charge is -2.10. The van der Waals surface area contributed by atoms with Crippen molar-refractivity contribution in [1.82, 2.24) is 4.72 Å². The van der Waals surface area contributed by atoms with E-state index in [-0.39, 0.29) is 5.25 Å². The standard InChI is InChI=1S/C9H16BrNO2S/c10-8-2-1-7(5-8)6-11-14(12,13)9-3-4-9/h7-9,11H,1-6H2. The van der Waals surface area contributed by atoms with Crippen LogP contribution in [0, 0.1) is 5.92 Å². The SMILES string of the molecule is O=S(=O)(NCC1CCC(Br)C1)C1CC1. The second-order valence-corrected chi connectivity index (χ2v) is 7.71. The van der Waals surface area contributed by atoms with Gasteiger partial charge in [0.15, 0.2) is 0 Å². The first-order valence-electron chi connectivity index (χ1n) is 5.20. The molecule has 0 amide bonds. The van der Waals surface area contributed by atoms with E-state index < -0.39 is 10.0 Å². The molecular formula is C9H16BrNO2S. The first-order valence-corrected chi connectivity index (χ1v) is 7.66. The molecule has 2 fully saturated rings. The van der Waals surface area contributed by atoms with Gasteiger partial charge in [0.25, 0.3) is 0 Å². The lowest BCUT2D eigenvalue weighted by Crippen LogP contribution is -2.31. The van der Waals surface area contributed by atoms with E-state index in [1.54, 1.807) is 0 Å². The van der Waals surface area contributed by atoms with Gasteiger partial charge in [-0.25, -0.2) is 13.1 Å². The number of sulfonamides is 1. The van der Waals surface area contributed by atoms with Crippen LogP contribution >= 0.6 is 15.9 Å². The van der Waals surface area contributed by atoms with Crippen LogP contribution in [-0.2, 0) is 10.0 Å². The summed E-state index contributed by atoms with van der Waals surface area (Å²) in [6.45, 7) is 0.640. The molecule has 2 aliphatic carbocycles. The van der Waals surface area contributed by atoms with Gasteiger partial charge >= 0.3 is 0 Å². The third-order valence-electron chi connectivity index (χ3n) is 3.01. The fourth-order valence-electron chi connectivity index (χ4n) is 1.93. The lowest BCUT2D eigenvalue weighted by molar-refractivity contribution is 0.520. The van der Waals surface area contributed by atoms with E-state index >= 15 is 0 Å². The zero-order valence-corrected chi connectivity index (χ0v) is 10.5. The van der Waals surface area contributed by atoms with Gasteiger partial charge in [-0.3, -0.25) is 0 Å². The van der Waals surface area contributed by atoms with Crippen LogP contribution in [0.3, 0.4) is 0 Å². The molecule has 2 saturated carbocycles. The van der Waals surface area contributed by atoms with Crippen LogP contribution in [0.4, 0.5) is 0 Å². The molecule has 1 N–H and O–H groups in total. The van der Waals surface area contributed by atoms with E-state index in [9.17, 15) is 8.42 Å². The number of rotatable bonds is 4. The molecule has 0 heterocycles. The molecule has 2 unspecified atom stereocenters. The number of halogens is 1. The Labute approximate surface area is 93.8 Å². The van der Waals surface area contributed by atoms with Crippen molar-refractivity contribution < 1.29 is 8.42 Å². The number of nitrogens with one attached hydrogen (secondary N) is 1. The summed E-state index contributed by atoms with van der Waals surface area (Å²) >= 11 is 3.56. The molecule has 0 aromatic carbocycles. The zero-order valence-electron chi connectivity index (χ0n) is 8.08. The molecule has 5 heteroatoms. The molecule has 0 saturated heterocycles. The smallest absolute Gasteiger partial charge is 0.214 e. The van der Waals surface area contributed by atoms with Crippen LogP contribution in [0.2, 0.25) is 0 Å². The minimum atomic E-state index is -2.96. The molecule has 0 aliphatic heterocycles. The summed E-state index contributed by atoms with van der Waals surface area (Å²) in [5.74, 6) is 0.535. The molecule has 82 valence electrons. The molecule has 2 aliphatic rings. The second kappa shape index (κ2) is 4.10. The number of hydrogen-bond acceptors (Lipinski definition) is 2. The summed E-state index contributed by atoms with van der Waals surface area (Å²) in [6, 6.07) is 0. The van der Waals surface area contributed by atoms with Gasteiger partial charge in [-0.05, 0) is 38.0 Å². The Bertz CT molecular complexity index is 300. The highest BCUT2D eigenvalue weighted by molar-refractivity contribution is 9.09. The summed E-state index contributed by atoms with van der Waals surface area (Å²) in [5.41, 5.74) is 0. The van der Waals surface area contributed by atoms with E-state index in [4.69, 9.17) is 0 Å². The molecule has 2 atom stereocenters. The molecule has 2 rings (SSSR count). The van der Waals surface area contributed by atoms with Gasteiger partial charge in [0.2, 0.25) is 10.0 Å². The van der Waals surface area contributed by atoms with Crippen molar-refractivity contribution in [3.63, 3.8) is 0 Å². The van der Waals surface area contributed by atoms with Gasteiger partial charge in [0, 0.05) is 11.4 Å². The Kier molecular flexibility index (Phi) is 3.19. The summed E-state index contributed by atoms with van der Waals surface area (Å²) < 4.78 is 25.8. The van der Waals surface area contributed by atoms with Crippen molar-refractivity contribution in [3.8, 4) is 0 Å². The summed E-state index contributed by atoms with van der Waals surface area (Å²) in [7, 11) is -2.96. The van der Waals surface area contributed by atoms with Crippen LogP contribution in [-0.4, -0.2) is 25.0 Å². The topological polar surface area (TPSA) is 46.2 Å². The Morgan fingerprint density at radius 3 is 2.43 bits per heavy atom. The van der Waals surface area contributed by atoms with Crippen LogP contribution in [0.1, 0.15) is 32.1 Å². The van der Waals surface area contributed by atoms with E-state index in [1.807, 2.05) is 0 Å². The first kappa shape index (κ1) is 10.9. The summed E-state index contributed by atoms with van der Waals surface area (Å²) in [4.78, 5) is 0.595. The van der Waals surface area contributed by atoms with Gasteiger partial charge in [-0.2, -0.15) is 0 Å². The predicted octanol–water partition coefficient (Wildman–Crippen LogP) is 1.63. The molecule has 0 aromatic rings. The monoisotopic (exact) mass is 281 g/mol. The van der Waals surface area contributed by atoms with Crippen LogP contribution in [0.5, 0.6) is 0 Å². The van der Waals surface area contributed by atoms with Crippen molar-refractivity contribution in [2.45, 2.75) is 42.2 Å². The normalized spacial score (nSPS) is 33.5. The number of hydrogen-bond donors (Lipinski definition) is 1. The van der Waals surface area contributed by atoms with Crippen molar-refractivity contribution in [2.24, 2.45) is 5.92 Å². The zero-order chi connectivity index (χ0) is 10.2. The third-order valence-corrected chi connectivity index (χ3v) is 5.76. The first-order chi connectivity index (χ1) is 6.58. The maximum Gasteiger partial charge on any atom is 0.214 e. The van der Waals surface area contributed by atoms with E-state index in [0.717, 1.165) is 25.7 Å². The molecule has 0 bridgehead atoms. The third kappa shape index (κ3) is 2.70. The van der Waals surface area contributed by atoms with Gasteiger partial charge in [-0.1, -0.05) is 15.9 Å². The molecule has 0 spiro atoms. The average Bonchev–Trinajstić information content (AvgIpc) is 2.89. The quantitative estimate of drug-likeness (QED) is 0.797. The van der Waals surface area contributed by atoms with E-state index in [2.05, 4.69) is 20.7 Å². The van der Waals surface area contributed by atoms with Crippen molar-refractivity contribution in [1.29, 1.82) is 0 Å². The molecule has 0 aromatic heterocycles. The Balaban J connectivity index is 1.76. The lowest BCUT2D eigenvalue weighted by atomic mass is 10.1. The average molecular weight is 282 g/mol.